The minimum atomic E-state index is -1.12. The van der Waals surface area contributed by atoms with Gasteiger partial charge in [-0.3, -0.25) is 14.0 Å². The zero-order valence-corrected chi connectivity index (χ0v) is 37.2. The summed E-state index contributed by atoms with van der Waals surface area (Å²) >= 11 is 0. The van der Waals surface area contributed by atoms with Crippen LogP contribution in [0.25, 0.3) is 0 Å². The fourth-order valence-electron chi connectivity index (χ4n) is 7.27. The molecular formula is C46H75N9O5. The third-order valence-corrected chi connectivity index (χ3v) is 10.9. The minimum Gasteiger partial charge on any atom is -0.483 e. The number of aryl methyl sites for hydroxylation is 3. The smallest absolute Gasteiger partial charge is 0.335 e. The topological polar surface area (TPSA) is 157 Å². The number of nitrogens with zero attached hydrogens (tertiary/aromatic N) is 9. The molecule has 3 heterocycles. The van der Waals surface area contributed by atoms with Crippen LogP contribution in [0.3, 0.4) is 0 Å². The van der Waals surface area contributed by atoms with E-state index in [1.165, 1.54) is 128 Å². The molecule has 0 aliphatic heterocycles. The van der Waals surface area contributed by atoms with Crippen molar-refractivity contribution in [2.24, 2.45) is 0 Å². The van der Waals surface area contributed by atoms with E-state index in [-0.39, 0.29) is 42.6 Å². The Labute approximate surface area is 359 Å². The second-order valence-corrected chi connectivity index (χ2v) is 16.3. The van der Waals surface area contributed by atoms with Crippen molar-refractivity contribution < 1.29 is 24.1 Å². The number of carbonyl (C=O) groups is 1. The Bertz CT molecular complexity index is 1640. The first-order valence-electron chi connectivity index (χ1n) is 23.5. The number of aromatic nitrogens is 9. The van der Waals surface area contributed by atoms with Crippen LogP contribution in [0.2, 0.25) is 0 Å². The van der Waals surface area contributed by atoms with Crippen LogP contribution in [0.4, 0.5) is 0 Å². The zero-order valence-electron chi connectivity index (χ0n) is 37.2. The fourth-order valence-corrected chi connectivity index (χ4v) is 7.27. The molecule has 14 nitrogen and oxygen atoms in total. The van der Waals surface area contributed by atoms with Gasteiger partial charge in [-0.05, 0) is 31.4 Å². The standard InChI is InChI=1S/C46H75N9O5/c1-4-7-10-13-16-19-22-25-28-53-33-40(47-50-53)36-58-43-31-39(46(56)57)32-44(59-37-41-34-54(51-48-41)29-26-23-20-17-14-11-8-5-2)45(43)60-38-42-35-55(52-49-42)30-27-24-21-18-15-12-9-6-3/h31-35H,4-30,36-38H2,1-3H3,(H,56,57). The first kappa shape index (κ1) is 48.2. The first-order chi connectivity index (χ1) is 29.5. The van der Waals surface area contributed by atoms with Gasteiger partial charge in [-0.25, -0.2) is 4.79 Å². The van der Waals surface area contributed by atoms with Crippen LogP contribution in [-0.4, -0.2) is 56.1 Å². The minimum absolute atomic E-state index is 0.000329. The highest BCUT2D eigenvalue weighted by Crippen LogP contribution is 2.40. The van der Waals surface area contributed by atoms with Crippen molar-refractivity contribution in [3.05, 3.63) is 53.4 Å². The normalized spacial score (nSPS) is 11.4. The maximum Gasteiger partial charge on any atom is 0.335 e. The monoisotopic (exact) mass is 834 g/mol. The van der Waals surface area contributed by atoms with Crippen LogP contribution in [0.1, 0.15) is 202 Å². The molecule has 3 aromatic heterocycles. The quantitative estimate of drug-likeness (QED) is 0.0431. The van der Waals surface area contributed by atoms with Crippen molar-refractivity contribution in [1.82, 2.24) is 45.0 Å². The predicted molar refractivity (Wildman–Crippen MR) is 234 cm³/mol. The predicted octanol–water partition coefficient (Wildman–Crippen LogP) is 11.3. The van der Waals surface area contributed by atoms with Gasteiger partial charge in [0.05, 0.1) is 24.2 Å². The number of carboxylic acid groups (broad SMARTS) is 1. The lowest BCUT2D eigenvalue weighted by atomic mass is 10.1. The molecule has 0 atom stereocenters. The van der Waals surface area contributed by atoms with Crippen LogP contribution in [0.5, 0.6) is 17.2 Å². The largest absolute Gasteiger partial charge is 0.483 e. The number of carboxylic acids is 1. The van der Waals surface area contributed by atoms with Gasteiger partial charge in [0.2, 0.25) is 5.75 Å². The number of hydrogen-bond acceptors (Lipinski definition) is 10. The SMILES string of the molecule is CCCCCCCCCCn1cc(COc2cc(C(=O)O)cc(OCc3cn(CCCCCCCCCC)nn3)c2OCc2cn(CCCCCCCCCC)nn2)nn1. The van der Waals surface area contributed by atoms with Crippen LogP contribution in [0, 0.1) is 0 Å². The average Bonchev–Trinajstić information content (AvgIpc) is 4.03. The highest BCUT2D eigenvalue weighted by Gasteiger charge is 2.21. The maximum absolute atomic E-state index is 12.3. The van der Waals surface area contributed by atoms with Crippen LogP contribution in [0.15, 0.2) is 30.7 Å². The Kier molecular flexibility index (Phi) is 23.8. The molecule has 0 bridgehead atoms. The number of rotatable bonds is 37. The summed E-state index contributed by atoms with van der Waals surface area (Å²) in [5, 5.41) is 36.0. The molecule has 0 aliphatic rings. The summed E-state index contributed by atoms with van der Waals surface area (Å²) in [7, 11) is 0. The summed E-state index contributed by atoms with van der Waals surface area (Å²) < 4.78 is 24.4. The lowest BCUT2D eigenvalue weighted by molar-refractivity contribution is 0.0695. The Morgan fingerprint density at radius 2 is 0.767 bits per heavy atom. The molecule has 0 saturated heterocycles. The number of hydrogen-bond donors (Lipinski definition) is 1. The molecule has 0 saturated carbocycles. The summed E-state index contributed by atoms with van der Waals surface area (Å²) in [6.45, 7) is 9.30. The van der Waals surface area contributed by atoms with E-state index in [4.69, 9.17) is 14.2 Å². The van der Waals surface area contributed by atoms with E-state index < -0.39 is 5.97 Å². The molecule has 14 heteroatoms. The van der Waals surface area contributed by atoms with Crippen LogP contribution >= 0.6 is 0 Å². The summed E-state index contributed by atoms with van der Waals surface area (Å²) in [6.07, 6.45) is 35.4. The van der Waals surface area contributed by atoms with Crippen molar-refractivity contribution in [3.63, 3.8) is 0 Å². The van der Waals surface area contributed by atoms with E-state index >= 15 is 0 Å². The molecule has 60 heavy (non-hydrogen) atoms. The van der Waals surface area contributed by atoms with E-state index in [0.717, 1.165) is 58.2 Å². The van der Waals surface area contributed by atoms with Gasteiger partial charge in [0.25, 0.3) is 0 Å². The second kappa shape index (κ2) is 29.7. The summed E-state index contributed by atoms with van der Waals surface area (Å²) in [4.78, 5) is 12.3. The summed E-state index contributed by atoms with van der Waals surface area (Å²) in [5.74, 6) is -0.428. The van der Waals surface area contributed by atoms with Gasteiger partial charge in [-0.15, -0.1) is 15.3 Å². The van der Waals surface area contributed by atoms with Gasteiger partial charge >= 0.3 is 5.97 Å². The van der Waals surface area contributed by atoms with Crippen molar-refractivity contribution >= 4 is 5.97 Å². The molecule has 0 spiro atoms. The van der Waals surface area contributed by atoms with E-state index in [1.807, 2.05) is 32.6 Å². The number of aromatic carboxylic acids is 1. The fraction of sp³-hybridized carbons (Fsp3) is 0.717. The van der Waals surface area contributed by atoms with Gasteiger partial charge in [-0.2, -0.15) is 0 Å². The lowest BCUT2D eigenvalue weighted by Crippen LogP contribution is -2.07. The molecule has 0 aliphatic carbocycles. The summed E-state index contributed by atoms with van der Waals surface area (Å²) in [6, 6.07) is 2.91. The lowest BCUT2D eigenvalue weighted by Gasteiger charge is -2.17. The Morgan fingerprint density at radius 3 is 1.08 bits per heavy atom. The van der Waals surface area contributed by atoms with E-state index in [2.05, 4.69) is 51.7 Å². The van der Waals surface area contributed by atoms with Gasteiger partial charge in [0.1, 0.15) is 36.9 Å². The Hall–Kier alpha value is -4.49. The molecular weight excluding hydrogens is 759 g/mol. The molecule has 1 N–H and O–H groups in total. The zero-order chi connectivity index (χ0) is 42.5. The molecule has 0 fully saturated rings. The van der Waals surface area contributed by atoms with Crippen molar-refractivity contribution in [2.75, 3.05) is 0 Å². The number of benzene rings is 1. The third kappa shape index (κ3) is 19.3. The van der Waals surface area contributed by atoms with E-state index in [9.17, 15) is 9.90 Å². The molecule has 334 valence electrons. The van der Waals surface area contributed by atoms with Crippen molar-refractivity contribution in [3.8, 4) is 17.2 Å². The van der Waals surface area contributed by atoms with Crippen molar-refractivity contribution in [1.29, 1.82) is 0 Å². The molecule has 0 unspecified atom stereocenters. The van der Waals surface area contributed by atoms with Gasteiger partial charge in [-0.1, -0.05) is 171 Å². The highest BCUT2D eigenvalue weighted by molar-refractivity contribution is 5.89. The van der Waals surface area contributed by atoms with Gasteiger partial charge < -0.3 is 19.3 Å². The molecule has 4 aromatic rings. The van der Waals surface area contributed by atoms with E-state index in [1.54, 1.807) is 0 Å². The average molecular weight is 834 g/mol. The van der Waals surface area contributed by atoms with Gasteiger partial charge in [0, 0.05) is 19.6 Å². The second-order valence-electron chi connectivity index (χ2n) is 16.3. The van der Waals surface area contributed by atoms with E-state index in [0.29, 0.717) is 17.1 Å². The molecule has 4 rings (SSSR count). The van der Waals surface area contributed by atoms with Crippen LogP contribution < -0.4 is 14.2 Å². The Morgan fingerprint density at radius 1 is 0.467 bits per heavy atom. The van der Waals surface area contributed by atoms with Gasteiger partial charge in [0.15, 0.2) is 11.5 Å². The Balaban J connectivity index is 1.38. The molecule has 0 amide bonds. The summed E-state index contributed by atoms with van der Waals surface area (Å²) in [5.41, 5.74) is 1.89. The highest BCUT2D eigenvalue weighted by atomic mass is 16.5. The third-order valence-electron chi connectivity index (χ3n) is 10.9. The maximum atomic E-state index is 12.3. The number of ether oxygens (including phenoxy) is 3. The number of unbranched alkanes of at least 4 members (excludes halogenated alkanes) is 21. The molecule has 1 aromatic carbocycles. The molecule has 0 radical (unpaired) electrons. The first-order valence-corrected chi connectivity index (χ1v) is 23.5. The van der Waals surface area contributed by atoms with Crippen molar-refractivity contribution in [2.45, 2.75) is 214 Å². The van der Waals surface area contributed by atoms with Crippen LogP contribution in [-0.2, 0) is 39.5 Å².